The zero-order valence-corrected chi connectivity index (χ0v) is 16.5. The second kappa shape index (κ2) is 8.94. The normalized spacial score (nSPS) is 10.8. The van der Waals surface area contributed by atoms with Gasteiger partial charge in [-0.25, -0.2) is 9.97 Å². The van der Waals surface area contributed by atoms with Gasteiger partial charge in [0.1, 0.15) is 5.82 Å². The Kier molecular flexibility index (Phi) is 6.16. The Morgan fingerprint density at radius 3 is 2.41 bits per heavy atom. The average Bonchev–Trinajstić information content (AvgIpc) is 2.70. The summed E-state index contributed by atoms with van der Waals surface area (Å²) < 4.78 is 0. The van der Waals surface area contributed by atoms with Crippen molar-refractivity contribution in [1.29, 1.82) is 5.26 Å². The zero-order valence-electron chi connectivity index (χ0n) is 16.5. The number of nitrogens with two attached hydrogens (primary N) is 1. The number of hydrogen-bond donors (Lipinski definition) is 1. The van der Waals surface area contributed by atoms with Crippen molar-refractivity contribution >= 4 is 12.0 Å². The predicted molar refractivity (Wildman–Crippen MR) is 113 cm³/mol. The number of aryl methyl sites for hydroxylation is 2. The van der Waals surface area contributed by atoms with Crippen LogP contribution in [0.3, 0.4) is 0 Å². The fraction of sp³-hybridized carbons (Fsp3) is 0.167. The molecule has 0 bridgehead atoms. The lowest BCUT2D eigenvalue weighted by Gasteiger charge is -2.12. The summed E-state index contributed by atoms with van der Waals surface area (Å²) in [5.74, 6) is 0.295. The number of carbonyl (C=O) groups excluding carboxylic acids is 1. The van der Waals surface area contributed by atoms with Crippen LogP contribution in [0.15, 0.2) is 54.7 Å². The van der Waals surface area contributed by atoms with Crippen LogP contribution in [0.5, 0.6) is 0 Å². The first-order valence-corrected chi connectivity index (χ1v) is 9.32. The minimum atomic E-state index is -0.458. The Balaban J connectivity index is 1.79. The topological polar surface area (TPSA) is 92.7 Å². The van der Waals surface area contributed by atoms with E-state index < -0.39 is 5.91 Å². The summed E-state index contributed by atoms with van der Waals surface area (Å²) in [5.41, 5.74) is 12.3. The molecule has 0 aliphatic heterocycles. The largest absolute Gasteiger partial charge is 0.366 e. The van der Waals surface area contributed by atoms with Gasteiger partial charge in [-0.05, 0) is 65.9 Å². The van der Waals surface area contributed by atoms with Gasteiger partial charge in [0.05, 0.1) is 11.6 Å². The van der Waals surface area contributed by atoms with E-state index in [9.17, 15) is 4.79 Å². The molecule has 5 heteroatoms. The molecule has 1 heterocycles. The minimum absolute atomic E-state index is 0.458. The molecule has 5 nitrogen and oxygen atoms in total. The van der Waals surface area contributed by atoms with E-state index in [2.05, 4.69) is 24.9 Å². The van der Waals surface area contributed by atoms with E-state index in [1.54, 1.807) is 24.4 Å². The van der Waals surface area contributed by atoms with E-state index in [4.69, 9.17) is 16.0 Å². The van der Waals surface area contributed by atoms with Crippen molar-refractivity contribution in [3.63, 3.8) is 0 Å². The first-order valence-electron chi connectivity index (χ1n) is 9.32. The molecule has 0 unspecified atom stereocenters. The van der Waals surface area contributed by atoms with Crippen LogP contribution in [0.1, 0.15) is 44.9 Å². The molecular weight excluding hydrogens is 360 g/mol. The van der Waals surface area contributed by atoms with Gasteiger partial charge in [0.25, 0.3) is 0 Å². The van der Waals surface area contributed by atoms with Crippen LogP contribution in [-0.4, -0.2) is 15.9 Å². The smallest absolute Gasteiger partial charge is 0.241 e. The monoisotopic (exact) mass is 382 g/mol. The van der Waals surface area contributed by atoms with Crippen LogP contribution in [0.4, 0.5) is 0 Å². The molecule has 2 aromatic carbocycles. The van der Waals surface area contributed by atoms with Crippen molar-refractivity contribution in [3.05, 3.63) is 99.6 Å². The molecule has 0 aliphatic rings. The summed E-state index contributed by atoms with van der Waals surface area (Å²) in [6.07, 6.45) is 6.21. The summed E-state index contributed by atoms with van der Waals surface area (Å²) in [5, 5.41) is 8.91. The molecule has 0 aliphatic carbocycles. The zero-order chi connectivity index (χ0) is 20.8. The van der Waals surface area contributed by atoms with E-state index in [0.29, 0.717) is 18.4 Å². The van der Waals surface area contributed by atoms with E-state index >= 15 is 0 Å². The van der Waals surface area contributed by atoms with Crippen LogP contribution in [0, 0.1) is 25.2 Å². The molecule has 0 saturated carbocycles. The van der Waals surface area contributed by atoms with Crippen LogP contribution in [0.25, 0.3) is 6.08 Å². The highest BCUT2D eigenvalue weighted by Crippen LogP contribution is 2.21. The number of rotatable bonds is 6. The molecule has 1 aromatic heterocycles. The quantitative estimate of drug-likeness (QED) is 0.659. The third kappa shape index (κ3) is 5.36. The lowest BCUT2D eigenvalue weighted by Crippen LogP contribution is -2.05. The van der Waals surface area contributed by atoms with Crippen molar-refractivity contribution in [2.75, 3.05) is 0 Å². The fourth-order valence-electron chi connectivity index (χ4n) is 3.27. The molecular formula is C24H22N4O. The Labute approximate surface area is 170 Å². The van der Waals surface area contributed by atoms with Crippen molar-refractivity contribution in [1.82, 2.24) is 9.97 Å². The SMILES string of the molecule is Cc1cc(C=CC(N)=O)cc(C)c1Cc1ccnc(Cc2ccc(C#N)cc2)n1. The molecule has 0 atom stereocenters. The fourth-order valence-corrected chi connectivity index (χ4v) is 3.27. The molecule has 29 heavy (non-hydrogen) atoms. The Morgan fingerprint density at radius 1 is 1.10 bits per heavy atom. The van der Waals surface area contributed by atoms with Gasteiger partial charge in [0, 0.05) is 30.8 Å². The van der Waals surface area contributed by atoms with E-state index in [-0.39, 0.29) is 0 Å². The van der Waals surface area contributed by atoms with Crippen LogP contribution < -0.4 is 5.73 Å². The maximum Gasteiger partial charge on any atom is 0.241 e. The highest BCUT2D eigenvalue weighted by atomic mass is 16.1. The Morgan fingerprint density at radius 2 is 1.79 bits per heavy atom. The van der Waals surface area contributed by atoms with Crippen molar-refractivity contribution < 1.29 is 4.79 Å². The third-order valence-corrected chi connectivity index (χ3v) is 4.72. The number of nitrogens with zero attached hydrogens (tertiary/aromatic N) is 3. The highest BCUT2D eigenvalue weighted by molar-refractivity contribution is 5.90. The molecule has 2 N–H and O–H groups in total. The van der Waals surface area contributed by atoms with Gasteiger partial charge in [-0.2, -0.15) is 5.26 Å². The van der Waals surface area contributed by atoms with Crippen LogP contribution in [-0.2, 0) is 17.6 Å². The lowest BCUT2D eigenvalue weighted by molar-refractivity contribution is -0.113. The molecule has 0 saturated heterocycles. The summed E-state index contributed by atoms with van der Waals surface area (Å²) in [6, 6.07) is 15.6. The third-order valence-electron chi connectivity index (χ3n) is 4.72. The van der Waals surface area contributed by atoms with E-state index in [0.717, 1.165) is 33.8 Å². The summed E-state index contributed by atoms with van der Waals surface area (Å²) >= 11 is 0. The van der Waals surface area contributed by atoms with Crippen molar-refractivity contribution in [2.45, 2.75) is 26.7 Å². The van der Waals surface area contributed by atoms with Gasteiger partial charge in [-0.1, -0.05) is 24.3 Å². The van der Waals surface area contributed by atoms with Crippen LogP contribution in [0.2, 0.25) is 0 Å². The van der Waals surface area contributed by atoms with Gasteiger partial charge in [-0.3, -0.25) is 4.79 Å². The molecule has 0 fully saturated rings. The van der Waals surface area contributed by atoms with Gasteiger partial charge in [-0.15, -0.1) is 0 Å². The lowest BCUT2D eigenvalue weighted by atomic mass is 9.95. The highest BCUT2D eigenvalue weighted by Gasteiger charge is 2.08. The number of benzene rings is 2. The Hall–Kier alpha value is -3.78. The molecule has 3 aromatic rings. The van der Waals surface area contributed by atoms with E-state index in [1.165, 1.54) is 11.6 Å². The number of carbonyl (C=O) groups is 1. The minimum Gasteiger partial charge on any atom is -0.366 e. The maximum atomic E-state index is 11.0. The number of primary amides is 1. The standard InChI is InChI=1S/C24H22N4O/c1-16-11-20(7-8-23(26)29)12-17(2)22(16)14-21-9-10-27-24(28-21)13-18-3-5-19(15-25)6-4-18/h3-12H,13-14H2,1-2H3,(H2,26,29). The van der Waals surface area contributed by atoms with Gasteiger partial charge in [0.15, 0.2) is 0 Å². The first-order chi connectivity index (χ1) is 13.9. The first kappa shape index (κ1) is 20.0. The number of hydrogen-bond acceptors (Lipinski definition) is 4. The summed E-state index contributed by atoms with van der Waals surface area (Å²) in [6.45, 7) is 4.12. The molecule has 144 valence electrons. The van der Waals surface area contributed by atoms with Gasteiger partial charge >= 0.3 is 0 Å². The second-order valence-corrected chi connectivity index (χ2v) is 7.00. The van der Waals surface area contributed by atoms with Gasteiger partial charge in [0.2, 0.25) is 5.91 Å². The number of amides is 1. The molecule has 0 spiro atoms. The predicted octanol–water partition coefficient (Wildman–Crippen LogP) is 3.65. The summed E-state index contributed by atoms with van der Waals surface area (Å²) in [7, 11) is 0. The molecule has 0 radical (unpaired) electrons. The van der Waals surface area contributed by atoms with Crippen molar-refractivity contribution in [3.8, 4) is 6.07 Å². The van der Waals surface area contributed by atoms with Crippen LogP contribution >= 0.6 is 0 Å². The molecule has 3 rings (SSSR count). The second-order valence-electron chi connectivity index (χ2n) is 7.00. The average molecular weight is 382 g/mol. The Bertz CT molecular complexity index is 1090. The van der Waals surface area contributed by atoms with Gasteiger partial charge < -0.3 is 5.73 Å². The molecule has 1 amide bonds. The summed E-state index contributed by atoms with van der Waals surface area (Å²) in [4.78, 5) is 20.1. The van der Waals surface area contributed by atoms with Crippen molar-refractivity contribution in [2.24, 2.45) is 5.73 Å². The van der Waals surface area contributed by atoms with E-state index in [1.807, 2.05) is 30.3 Å². The number of aromatic nitrogens is 2. The number of nitriles is 1. The maximum absolute atomic E-state index is 11.0.